The summed E-state index contributed by atoms with van der Waals surface area (Å²) in [5, 5.41) is 0. The summed E-state index contributed by atoms with van der Waals surface area (Å²) < 4.78 is 98.6. The van der Waals surface area contributed by atoms with E-state index < -0.39 is 47.9 Å². The minimum Gasteiger partial charge on any atom is -0.500 e. The van der Waals surface area contributed by atoms with Gasteiger partial charge in [0.1, 0.15) is 18.3 Å². The Morgan fingerprint density at radius 2 is 1.16 bits per heavy atom. The average molecular weight is 571 g/mol. The number of alkyl halides is 6. The fourth-order valence-corrected chi connectivity index (χ4v) is 1.64. The van der Waals surface area contributed by atoms with Gasteiger partial charge in [-0.1, -0.05) is 0 Å². The first-order valence-corrected chi connectivity index (χ1v) is 11.2. The van der Waals surface area contributed by atoms with Crippen LogP contribution in [0.2, 0.25) is 0 Å². The highest BCUT2D eigenvalue weighted by molar-refractivity contribution is 6.19. The summed E-state index contributed by atoms with van der Waals surface area (Å²) in [4.78, 5) is 42.3. The highest BCUT2D eigenvalue weighted by Crippen LogP contribution is 2.21. The van der Waals surface area contributed by atoms with Crippen molar-refractivity contribution in [3.63, 3.8) is 0 Å². The van der Waals surface area contributed by atoms with Crippen molar-refractivity contribution in [1.29, 1.82) is 0 Å². The molecule has 38 heavy (non-hydrogen) atoms. The maximum absolute atomic E-state index is 12.1. The van der Waals surface area contributed by atoms with E-state index in [9.17, 15) is 45.5 Å². The van der Waals surface area contributed by atoms with Crippen LogP contribution in [0.1, 0.15) is 48.0 Å². The fraction of sp³-hybridized carbons (Fsp3) is 0.682. The summed E-state index contributed by atoms with van der Waals surface area (Å²) in [6, 6.07) is 0. The van der Waals surface area contributed by atoms with Gasteiger partial charge in [-0.3, -0.25) is 14.4 Å². The Morgan fingerprint density at radius 1 is 0.684 bits per heavy atom. The lowest BCUT2D eigenvalue weighted by molar-refractivity contribution is -0.175. The van der Waals surface area contributed by atoms with Crippen molar-refractivity contribution in [2.24, 2.45) is 0 Å². The summed E-state index contributed by atoms with van der Waals surface area (Å²) in [6.45, 7) is 11.6. The Balaban J connectivity index is -0.000000499. The average Bonchev–Trinajstić information content (AvgIpc) is 2.79. The topological polar surface area (TPSA) is 126 Å². The number of carbonyl (C=O) groups excluding carboxylic acids is 5. The van der Waals surface area contributed by atoms with Gasteiger partial charge >= 0.3 is 30.4 Å². The molecule has 0 spiro atoms. The van der Waals surface area contributed by atoms with Gasteiger partial charge in [0.15, 0.2) is 19.8 Å². The van der Waals surface area contributed by atoms with Crippen LogP contribution in [0, 0.1) is 0 Å². The van der Waals surface area contributed by atoms with Crippen LogP contribution in [0.3, 0.4) is 0 Å². The number of ether oxygens (including phenoxy) is 5. The predicted molar refractivity (Wildman–Crippen MR) is 119 cm³/mol. The highest BCUT2D eigenvalue weighted by Gasteiger charge is 2.44. The zero-order valence-electron chi connectivity index (χ0n) is 21.9. The molecule has 222 valence electrons. The third-order valence-electron chi connectivity index (χ3n) is 3.08. The van der Waals surface area contributed by atoms with Crippen molar-refractivity contribution in [2.75, 3.05) is 39.6 Å². The van der Waals surface area contributed by atoms with E-state index in [1.54, 1.807) is 0 Å². The monoisotopic (exact) mass is 571 g/mol. The lowest BCUT2D eigenvalue weighted by Gasteiger charge is -2.08. The summed E-state index contributed by atoms with van der Waals surface area (Å²) in [5.41, 5.74) is -1.16. The number of esters is 2. The Bertz CT molecular complexity index is 766. The quantitative estimate of drug-likeness (QED) is 0.0518. The largest absolute Gasteiger partial charge is 0.714 e. The standard InChI is InChI=1S/C9H11F3O4.C7H15O3.C6H7F3O3/c1-3-15-5-6(8(14)16-4-2)7(13)9(10,11)12;1-4-8-7(9-5-2)10-6-3;1-2-12-5(11)3-4(10)6(7,8)9/h5H,3-4H2,1-2H3;4-6H2,1-3H3;2-3H2,1H3/q;+1;/b6-5-;;. The molecule has 0 radical (unpaired) electrons. The Hall–Kier alpha value is -3.33. The van der Waals surface area contributed by atoms with Gasteiger partial charge < -0.3 is 28.1 Å². The van der Waals surface area contributed by atoms with E-state index in [0.29, 0.717) is 26.1 Å². The molecule has 0 aromatic rings. The van der Waals surface area contributed by atoms with Gasteiger partial charge in [0.05, 0.1) is 19.8 Å². The number of ketones is 2. The molecule has 10 nitrogen and oxygen atoms in total. The molecule has 0 N–H and O–H groups in total. The first-order chi connectivity index (χ1) is 17.6. The zero-order valence-corrected chi connectivity index (χ0v) is 21.9. The first-order valence-electron chi connectivity index (χ1n) is 11.2. The number of hydrogen-bond acceptors (Lipinski definition) is 9. The van der Waals surface area contributed by atoms with Crippen LogP contribution in [0.25, 0.3) is 0 Å². The van der Waals surface area contributed by atoms with E-state index in [1.807, 2.05) is 20.8 Å². The molecule has 0 rings (SSSR count). The van der Waals surface area contributed by atoms with Crippen LogP contribution < -0.4 is 0 Å². The molecule has 16 heteroatoms. The molecular weight excluding hydrogens is 538 g/mol. The molecule has 0 unspecified atom stereocenters. The molecule has 0 saturated carbocycles. The first kappa shape index (κ1) is 39.2. The smallest absolute Gasteiger partial charge is 0.500 e. The Morgan fingerprint density at radius 3 is 1.50 bits per heavy atom. The van der Waals surface area contributed by atoms with Crippen LogP contribution in [-0.4, -0.2) is 81.7 Å². The van der Waals surface area contributed by atoms with Crippen LogP contribution in [-0.2, 0) is 42.9 Å². The van der Waals surface area contributed by atoms with Crippen LogP contribution in [0.4, 0.5) is 30.8 Å². The third-order valence-corrected chi connectivity index (χ3v) is 3.08. The molecular formula is C22H33F6O10+. The van der Waals surface area contributed by atoms with Crippen molar-refractivity contribution in [3.8, 4) is 0 Å². The molecule has 0 bridgehead atoms. The fourth-order valence-electron chi connectivity index (χ4n) is 1.64. The molecule has 0 aliphatic heterocycles. The molecule has 0 atom stereocenters. The molecule has 0 aliphatic rings. The van der Waals surface area contributed by atoms with Crippen LogP contribution in [0.15, 0.2) is 11.8 Å². The van der Waals surface area contributed by atoms with E-state index in [0.717, 1.165) is 0 Å². The second-order valence-corrected chi connectivity index (χ2v) is 5.99. The van der Waals surface area contributed by atoms with Crippen LogP contribution >= 0.6 is 0 Å². The molecule has 0 fully saturated rings. The highest BCUT2D eigenvalue weighted by atomic mass is 19.4. The van der Waals surface area contributed by atoms with E-state index in [2.05, 4.69) is 14.2 Å². The normalized spacial score (nSPS) is 10.9. The zero-order chi connectivity index (χ0) is 30.4. The molecule has 0 aromatic carbocycles. The van der Waals surface area contributed by atoms with Gasteiger partial charge in [0, 0.05) is 0 Å². The second kappa shape index (κ2) is 21.7. The maximum atomic E-state index is 12.1. The minimum atomic E-state index is -5.13. The summed E-state index contributed by atoms with van der Waals surface area (Å²) >= 11 is 0. The lowest BCUT2D eigenvalue weighted by Crippen LogP contribution is -2.29. The van der Waals surface area contributed by atoms with Crippen molar-refractivity contribution in [2.45, 2.75) is 60.3 Å². The Kier molecular flexibility index (Phi) is 22.4. The van der Waals surface area contributed by atoms with Gasteiger partial charge in [-0.05, 0) is 41.5 Å². The molecule has 0 heterocycles. The molecule has 0 saturated heterocycles. The molecule has 0 amide bonds. The summed E-state index contributed by atoms with van der Waals surface area (Å²) in [7, 11) is 0. The SMILES string of the molecule is CCO/C=C(\C(=O)OCC)C(=O)C(F)(F)F.CCOC(=O)CC(=O)C(F)(F)F.CCOC(OCC)=[O+]CC. The lowest BCUT2D eigenvalue weighted by atomic mass is 10.2. The maximum Gasteiger partial charge on any atom is 0.714 e. The van der Waals surface area contributed by atoms with E-state index in [4.69, 9.17) is 13.9 Å². The van der Waals surface area contributed by atoms with Gasteiger partial charge in [-0.2, -0.15) is 26.3 Å². The summed E-state index contributed by atoms with van der Waals surface area (Å²) in [5.74, 6) is -6.86. The van der Waals surface area contributed by atoms with E-state index in [1.165, 1.54) is 20.8 Å². The van der Waals surface area contributed by atoms with Gasteiger partial charge in [-0.25, -0.2) is 4.79 Å². The Labute approximate surface area is 215 Å². The van der Waals surface area contributed by atoms with Crippen molar-refractivity contribution < 1.29 is 73.6 Å². The number of hydrogen-bond donors (Lipinski definition) is 0. The minimum absolute atomic E-state index is 0.0358. The van der Waals surface area contributed by atoms with Gasteiger partial charge in [-0.15, -0.1) is 0 Å². The van der Waals surface area contributed by atoms with Gasteiger partial charge in [0.2, 0.25) is 5.78 Å². The molecule has 0 aromatic heterocycles. The molecule has 0 aliphatic carbocycles. The number of Topliss-reactive ketones (excluding diaryl/α,β-unsaturated/α-hetero) is 2. The second-order valence-electron chi connectivity index (χ2n) is 5.99. The number of carbonyl (C=O) groups is 4. The predicted octanol–water partition coefficient (Wildman–Crippen LogP) is 4.41. The van der Waals surface area contributed by atoms with E-state index >= 15 is 0 Å². The summed E-state index contributed by atoms with van der Waals surface area (Å²) in [6.07, 6.45) is -10.6. The van der Waals surface area contributed by atoms with Gasteiger partial charge in [0.25, 0.3) is 5.78 Å². The number of rotatable bonds is 11. The van der Waals surface area contributed by atoms with Crippen molar-refractivity contribution in [3.05, 3.63) is 11.8 Å². The third kappa shape index (κ3) is 20.8. The number of halogens is 6. The van der Waals surface area contributed by atoms with Crippen molar-refractivity contribution >= 4 is 29.7 Å². The van der Waals surface area contributed by atoms with Crippen LogP contribution in [0.5, 0.6) is 0 Å². The van der Waals surface area contributed by atoms with Crippen molar-refractivity contribution in [1.82, 2.24) is 0 Å². The van der Waals surface area contributed by atoms with E-state index in [-0.39, 0.29) is 26.0 Å².